The zero-order valence-corrected chi connectivity index (χ0v) is 16.5. The maximum atomic E-state index is 12.4. The molecule has 0 unspecified atom stereocenters. The number of rotatable bonds is 4. The average molecular weight is 408 g/mol. The van der Waals surface area contributed by atoms with E-state index < -0.39 is 0 Å². The van der Waals surface area contributed by atoms with Gasteiger partial charge in [0.2, 0.25) is 0 Å². The first-order valence-electron chi connectivity index (χ1n) is 8.58. The summed E-state index contributed by atoms with van der Waals surface area (Å²) in [4.78, 5) is 13.8. The molecule has 0 radical (unpaired) electrons. The zero-order valence-electron chi connectivity index (χ0n) is 15.8. The Morgan fingerprint density at radius 2 is 2.00 bits per heavy atom. The van der Waals surface area contributed by atoms with Crippen molar-refractivity contribution in [2.75, 3.05) is 19.8 Å². The van der Waals surface area contributed by atoms with Crippen molar-refractivity contribution in [1.82, 2.24) is 10.2 Å². The number of amides is 1. The lowest BCUT2D eigenvalue weighted by molar-refractivity contribution is -0.123. The van der Waals surface area contributed by atoms with Crippen LogP contribution in [0.3, 0.4) is 0 Å². The van der Waals surface area contributed by atoms with Crippen LogP contribution in [0, 0.1) is 16.7 Å². The molecule has 7 nitrogen and oxygen atoms in total. The number of benzene rings is 2. The summed E-state index contributed by atoms with van der Waals surface area (Å²) in [7, 11) is 3.27. The van der Waals surface area contributed by atoms with Gasteiger partial charge in [0.25, 0.3) is 5.91 Å². The van der Waals surface area contributed by atoms with Crippen LogP contribution in [0.25, 0.3) is 5.57 Å². The van der Waals surface area contributed by atoms with Crippen molar-refractivity contribution in [3.63, 3.8) is 0 Å². The minimum Gasteiger partial charge on any atom is -0.455 e. The van der Waals surface area contributed by atoms with Crippen molar-refractivity contribution in [2.45, 2.75) is 0 Å². The molecule has 2 aromatic carbocycles. The number of anilines is 1. The first-order valence-corrected chi connectivity index (χ1v) is 8.96. The van der Waals surface area contributed by atoms with Crippen LogP contribution in [-0.2, 0) is 4.79 Å². The predicted molar refractivity (Wildman–Crippen MR) is 113 cm³/mol. The Hall–Kier alpha value is -3.76. The fraction of sp³-hybridized carbons (Fsp3) is 0.0952. The van der Waals surface area contributed by atoms with Gasteiger partial charge in [-0.1, -0.05) is 11.6 Å². The molecule has 0 spiro atoms. The van der Waals surface area contributed by atoms with Gasteiger partial charge in [0.15, 0.2) is 0 Å². The third-order valence-electron chi connectivity index (χ3n) is 4.28. The Bertz CT molecular complexity index is 1110. The molecule has 0 fully saturated rings. The summed E-state index contributed by atoms with van der Waals surface area (Å²) in [5.41, 5.74) is 7.95. The van der Waals surface area contributed by atoms with Gasteiger partial charge in [0, 0.05) is 48.3 Å². The quantitative estimate of drug-likeness (QED) is 0.529. The molecular weight excluding hydrogens is 390 g/mol. The number of allylic oxidation sites excluding steroid dienone is 1. The maximum absolute atomic E-state index is 12.4. The Balaban J connectivity index is 2.12. The van der Waals surface area contributed by atoms with Gasteiger partial charge in [-0.15, -0.1) is 0 Å². The molecule has 1 amide bonds. The molecule has 0 atom stereocenters. The number of likely N-dealkylation sites (N-methyl/N-ethyl adjacent to an activating group) is 1. The zero-order chi connectivity index (χ0) is 21.1. The summed E-state index contributed by atoms with van der Waals surface area (Å²) >= 11 is 5.96. The Morgan fingerprint density at radius 3 is 2.69 bits per heavy atom. The van der Waals surface area contributed by atoms with Gasteiger partial charge < -0.3 is 20.7 Å². The van der Waals surface area contributed by atoms with Crippen molar-refractivity contribution in [2.24, 2.45) is 0 Å². The molecule has 146 valence electrons. The van der Waals surface area contributed by atoms with E-state index in [2.05, 4.69) is 11.4 Å². The summed E-state index contributed by atoms with van der Waals surface area (Å²) in [5, 5.41) is 21.1. The molecule has 0 saturated carbocycles. The molecule has 0 aromatic heterocycles. The molecule has 1 heterocycles. The second-order valence-electron chi connectivity index (χ2n) is 6.29. The highest BCUT2D eigenvalue weighted by atomic mass is 35.5. The van der Waals surface area contributed by atoms with E-state index >= 15 is 0 Å². The van der Waals surface area contributed by atoms with Crippen LogP contribution in [0.1, 0.15) is 11.1 Å². The lowest BCUT2D eigenvalue weighted by Crippen LogP contribution is -2.33. The van der Waals surface area contributed by atoms with E-state index in [1.54, 1.807) is 50.6 Å². The molecule has 1 aliphatic rings. The van der Waals surface area contributed by atoms with Gasteiger partial charge >= 0.3 is 0 Å². The number of hydrogen-bond donors (Lipinski definition) is 3. The van der Waals surface area contributed by atoms with Gasteiger partial charge in [0.1, 0.15) is 17.6 Å². The summed E-state index contributed by atoms with van der Waals surface area (Å²) in [6, 6.07) is 11.8. The van der Waals surface area contributed by atoms with Gasteiger partial charge in [-0.3, -0.25) is 10.2 Å². The molecule has 8 heteroatoms. The van der Waals surface area contributed by atoms with Crippen LogP contribution in [0.5, 0.6) is 11.5 Å². The standard InChI is InChI=1S/C21H18ClN5O2/c1-26-10-16-20(25)17(11-27(2)21(16)28)15-8-14(24)4-6-19(15)29-18-5-3-13(22)7-12(18)9-23/h3-8,10-11,25-26H,24H2,1-2H3/b16-10+,25-20?. The first kappa shape index (κ1) is 20.0. The Morgan fingerprint density at radius 1 is 1.28 bits per heavy atom. The lowest BCUT2D eigenvalue weighted by atomic mass is 9.92. The van der Waals surface area contributed by atoms with E-state index in [0.717, 1.165) is 0 Å². The highest BCUT2D eigenvalue weighted by Gasteiger charge is 2.29. The monoisotopic (exact) mass is 407 g/mol. The smallest absolute Gasteiger partial charge is 0.261 e. The number of ether oxygens (including phenoxy) is 1. The summed E-state index contributed by atoms with van der Waals surface area (Å²) in [6.45, 7) is 0. The number of halogens is 1. The maximum Gasteiger partial charge on any atom is 0.261 e. The average Bonchev–Trinajstić information content (AvgIpc) is 2.70. The largest absolute Gasteiger partial charge is 0.455 e. The highest BCUT2D eigenvalue weighted by molar-refractivity contribution is 6.41. The summed E-state index contributed by atoms with van der Waals surface area (Å²) < 4.78 is 5.99. The van der Waals surface area contributed by atoms with E-state index in [1.807, 2.05) is 0 Å². The van der Waals surface area contributed by atoms with Gasteiger partial charge in [-0.2, -0.15) is 5.26 Å². The highest BCUT2D eigenvalue weighted by Crippen LogP contribution is 2.37. The number of nitrogens with one attached hydrogen (secondary N) is 2. The van der Waals surface area contributed by atoms with Crippen molar-refractivity contribution in [3.8, 4) is 17.6 Å². The third-order valence-corrected chi connectivity index (χ3v) is 4.51. The second-order valence-corrected chi connectivity index (χ2v) is 6.73. The Kier molecular flexibility index (Phi) is 5.57. The number of nitriles is 1. The lowest BCUT2D eigenvalue weighted by Gasteiger charge is -2.25. The van der Waals surface area contributed by atoms with Gasteiger partial charge in [0.05, 0.1) is 16.8 Å². The van der Waals surface area contributed by atoms with E-state index in [1.165, 1.54) is 17.2 Å². The van der Waals surface area contributed by atoms with Crippen LogP contribution in [0.15, 0.2) is 54.4 Å². The number of hydrogen-bond acceptors (Lipinski definition) is 6. The summed E-state index contributed by atoms with van der Waals surface area (Å²) in [5.74, 6) is 0.408. The minimum absolute atomic E-state index is 0.0366. The van der Waals surface area contributed by atoms with Crippen LogP contribution in [0.4, 0.5) is 5.69 Å². The van der Waals surface area contributed by atoms with Crippen LogP contribution >= 0.6 is 11.6 Å². The third kappa shape index (κ3) is 3.93. The summed E-state index contributed by atoms with van der Waals surface area (Å²) in [6.07, 6.45) is 3.04. The van der Waals surface area contributed by atoms with Crippen molar-refractivity contribution in [1.29, 1.82) is 10.7 Å². The van der Waals surface area contributed by atoms with Gasteiger partial charge in [-0.25, -0.2) is 0 Å². The number of carbonyl (C=O) groups excluding carboxylic acids is 1. The molecule has 3 rings (SSSR count). The fourth-order valence-electron chi connectivity index (χ4n) is 2.89. The normalized spacial score (nSPS) is 15.2. The second kappa shape index (κ2) is 8.09. The number of nitrogens with two attached hydrogens (primary N) is 1. The van der Waals surface area contributed by atoms with Crippen molar-refractivity contribution < 1.29 is 9.53 Å². The van der Waals surface area contributed by atoms with Crippen LogP contribution in [0.2, 0.25) is 5.02 Å². The molecular formula is C21H18ClN5O2. The molecule has 0 saturated heterocycles. The number of nitrogens with zero attached hydrogens (tertiary/aromatic N) is 2. The topological polar surface area (TPSA) is 115 Å². The molecule has 29 heavy (non-hydrogen) atoms. The SMILES string of the molecule is CN/C=C1\C(=N)C(c2cc(N)ccc2Oc2ccc(Cl)cc2C#N)=CN(C)C1=O. The molecule has 0 bridgehead atoms. The van der Waals surface area contributed by atoms with E-state index in [-0.39, 0.29) is 22.8 Å². The van der Waals surface area contributed by atoms with E-state index in [9.17, 15) is 10.1 Å². The fourth-order valence-corrected chi connectivity index (χ4v) is 3.06. The number of carbonyl (C=O) groups is 1. The van der Waals surface area contributed by atoms with Crippen LogP contribution < -0.4 is 15.8 Å². The minimum atomic E-state index is -0.302. The van der Waals surface area contributed by atoms with E-state index in [0.29, 0.717) is 33.3 Å². The molecule has 2 aromatic rings. The van der Waals surface area contributed by atoms with Gasteiger partial charge in [-0.05, 0) is 36.4 Å². The predicted octanol–water partition coefficient (Wildman–Crippen LogP) is 3.52. The first-order chi connectivity index (χ1) is 13.8. The molecule has 0 aliphatic carbocycles. The Labute approximate surface area is 173 Å². The molecule has 4 N–H and O–H groups in total. The number of nitrogen functional groups attached to an aromatic ring is 1. The van der Waals surface area contributed by atoms with Crippen LogP contribution in [-0.4, -0.2) is 30.6 Å². The van der Waals surface area contributed by atoms with Crippen molar-refractivity contribution in [3.05, 3.63) is 70.5 Å². The van der Waals surface area contributed by atoms with E-state index in [4.69, 9.17) is 27.5 Å². The van der Waals surface area contributed by atoms with Crippen molar-refractivity contribution >= 4 is 34.5 Å². The molecule has 1 aliphatic heterocycles.